The molecule has 2 aromatic rings. The molecular formula is C16H18IN3O. The highest BCUT2D eigenvalue weighted by atomic mass is 127. The average molecular weight is 395 g/mol. The molecule has 1 aliphatic rings. The largest absolute Gasteiger partial charge is 0.428 e. The molecule has 2 heterocycles. The summed E-state index contributed by atoms with van der Waals surface area (Å²) in [7, 11) is 0. The number of hydrogen-bond acceptors (Lipinski definition) is 4. The van der Waals surface area contributed by atoms with Crippen LogP contribution in [0.25, 0.3) is 11.1 Å². The second kappa shape index (κ2) is 6.17. The predicted octanol–water partition coefficient (Wildman–Crippen LogP) is 4.09. The SMILES string of the molecule is Cc1cc(OI)ccc1-c1c(C)ncnc1N1CCCC1. The normalized spacial score (nSPS) is 14.5. The maximum atomic E-state index is 5.27. The van der Waals surface area contributed by atoms with E-state index in [4.69, 9.17) is 3.07 Å². The smallest absolute Gasteiger partial charge is 0.192 e. The van der Waals surface area contributed by atoms with Crippen LogP contribution in [-0.4, -0.2) is 23.1 Å². The lowest BCUT2D eigenvalue weighted by Gasteiger charge is -2.21. The standard InChI is InChI=1S/C16H18IN3O/c1-11-9-13(21-17)5-6-14(11)15-12(2)18-10-19-16(15)20-7-3-4-8-20/h5-6,9-10H,3-4,7-8H2,1-2H3. The first-order chi connectivity index (χ1) is 10.2. The quantitative estimate of drug-likeness (QED) is 0.734. The summed E-state index contributed by atoms with van der Waals surface area (Å²) in [5.41, 5.74) is 4.55. The van der Waals surface area contributed by atoms with Crippen molar-refractivity contribution in [2.45, 2.75) is 26.7 Å². The highest BCUT2D eigenvalue weighted by molar-refractivity contribution is 14.1. The van der Waals surface area contributed by atoms with Crippen molar-refractivity contribution in [3.8, 4) is 16.9 Å². The van der Waals surface area contributed by atoms with Gasteiger partial charge in [-0.25, -0.2) is 9.97 Å². The number of anilines is 1. The molecule has 3 rings (SSSR count). The van der Waals surface area contributed by atoms with Crippen LogP contribution in [0, 0.1) is 13.8 Å². The van der Waals surface area contributed by atoms with Crippen LogP contribution in [0.5, 0.6) is 5.75 Å². The van der Waals surface area contributed by atoms with Crippen LogP contribution in [0.3, 0.4) is 0 Å². The van der Waals surface area contributed by atoms with E-state index in [-0.39, 0.29) is 0 Å². The molecule has 110 valence electrons. The summed E-state index contributed by atoms with van der Waals surface area (Å²) in [5, 5.41) is 0. The third-order valence-corrected chi connectivity index (χ3v) is 4.49. The molecule has 1 fully saturated rings. The van der Waals surface area contributed by atoms with Gasteiger partial charge in [0.15, 0.2) is 23.0 Å². The lowest BCUT2D eigenvalue weighted by atomic mass is 9.99. The average Bonchev–Trinajstić information content (AvgIpc) is 3.01. The maximum Gasteiger partial charge on any atom is 0.192 e. The fourth-order valence-electron chi connectivity index (χ4n) is 2.91. The Labute approximate surface area is 139 Å². The molecule has 1 aliphatic heterocycles. The Hall–Kier alpha value is -1.37. The number of aryl methyl sites for hydroxylation is 2. The topological polar surface area (TPSA) is 38.3 Å². The molecule has 0 N–H and O–H groups in total. The number of halogens is 1. The van der Waals surface area contributed by atoms with E-state index in [0.717, 1.165) is 35.9 Å². The van der Waals surface area contributed by atoms with Crippen LogP contribution in [0.2, 0.25) is 0 Å². The van der Waals surface area contributed by atoms with Crippen molar-refractivity contribution in [3.63, 3.8) is 0 Å². The van der Waals surface area contributed by atoms with Crippen LogP contribution in [0.4, 0.5) is 5.82 Å². The van der Waals surface area contributed by atoms with Gasteiger partial charge in [-0.05, 0) is 49.9 Å². The Morgan fingerprint density at radius 3 is 2.57 bits per heavy atom. The predicted molar refractivity (Wildman–Crippen MR) is 93.0 cm³/mol. The van der Waals surface area contributed by atoms with E-state index in [0.29, 0.717) is 0 Å². The Bertz CT molecular complexity index is 654. The van der Waals surface area contributed by atoms with Gasteiger partial charge in [-0.1, -0.05) is 6.07 Å². The zero-order valence-electron chi connectivity index (χ0n) is 12.3. The van der Waals surface area contributed by atoms with Crippen molar-refractivity contribution in [2.24, 2.45) is 0 Å². The van der Waals surface area contributed by atoms with Gasteiger partial charge in [-0.3, -0.25) is 0 Å². The second-order valence-electron chi connectivity index (χ2n) is 5.41. The third-order valence-electron chi connectivity index (χ3n) is 3.98. The van der Waals surface area contributed by atoms with E-state index in [2.05, 4.69) is 40.8 Å². The molecule has 0 bridgehead atoms. The molecule has 21 heavy (non-hydrogen) atoms. The van der Waals surface area contributed by atoms with Gasteiger partial charge >= 0.3 is 0 Å². The second-order valence-corrected chi connectivity index (χ2v) is 5.85. The molecule has 0 radical (unpaired) electrons. The van der Waals surface area contributed by atoms with Gasteiger partial charge in [-0.15, -0.1) is 0 Å². The van der Waals surface area contributed by atoms with Crippen molar-refractivity contribution in [1.29, 1.82) is 0 Å². The van der Waals surface area contributed by atoms with Gasteiger partial charge in [0, 0.05) is 18.7 Å². The van der Waals surface area contributed by atoms with Crippen LogP contribution < -0.4 is 7.97 Å². The fraction of sp³-hybridized carbons (Fsp3) is 0.375. The fourth-order valence-corrected chi connectivity index (χ4v) is 3.18. The lowest BCUT2D eigenvalue weighted by Crippen LogP contribution is -2.20. The van der Waals surface area contributed by atoms with E-state index in [1.165, 1.54) is 24.0 Å². The van der Waals surface area contributed by atoms with Gasteiger partial charge in [0.05, 0.1) is 5.69 Å². The summed E-state index contributed by atoms with van der Waals surface area (Å²) in [4.78, 5) is 11.3. The molecular weight excluding hydrogens is 377 g/mol. The van der Waals surface area contributed by atoms with Crippen LogP contribution in [0.1, 0.15) is 24.1 Å². The van der Waals surface area contributed by atoms with Gasteiger partial charge < -0.3 is 7.97 Å². The van der Waals surface area contributed by atoms with Gasteiger partial charge in [0.25, 0.3) is 0 Å². The minimum Gasteiger partial charge on any atom is -0.428 e. The maximum absolute atomic E-state index is 5.27. The van der Waals surface area contributed by atoms with Crippen LogP contribution >= 0.6 is 23.0 Å². The van der Waals surface area contributed by atoms with E-state index in [9.17, 15) is 0 Å². The molecule has 0 unspecified atom stereocenters. The molecule has 5 heteroatoms. The number of hydrogen-bond donors (Lipinski definition) is 0. The number of benzene rings is 1. The van der Waals surface area contributed by atoms with Crippen molar-refractivity contribution in [3.05, 3.63) is 35.8 Å². The highest BCUT2D eigenvalue weighted by Gasteiger charge is 2.21. The zero-order valence-corrected chi connectivity index (χ0v) is 14.4. The summed E-state index contributed by atoms with van der Waals surface area (Å²) < 4.78 is 5.27. The van der Waals surface area contributed by atoms with Crippen LogP contribution in [0.15, 0.2) is 24.5 Å². The molecule has 4 nitrogen and oxygen atoms in total. The summed E-state index contributed by atoms with van der Waals surface area (Å²) in [6.07, 6.45) is 4.15. The third kappa shape index (κ3) is 2.84. The Morgan fingerprint density at radius 1 is 1.14 bits per heavy atom. The Balaban J connectivity index is 2.13. The van der Waals surface area contributed by atoms with Crippen LogP contribution in [-0.2, 0) is 0 Å². The summed E-state index contributed by atoms with van der Waals surface area (Å²) in [6.45, 7) is 6.32. The van der Waals surface area contributed by atoms with Crippen molar-refractivity contribution in [1.82, 2.24) is 9.97 Å². The molecule has 0 aliphatic carbocycles. The van der Waals surface area contributed by atoms with Gasteiger partial charge in [0.2, 0.25) is 0 Å². The van der Waals surface area contributed by atoms with E-state index >= 15 is 0 Å². The summed E-state index contributed by atoms with van der Waals surface area (Å²) >= 11 is 1.91. The zero-order chi connectivity index (χ0) is 14.8. The van der Waals surface area contributed by atoms with E-state index in [1.54, 1.807) is 6.33 Å². The molecule has 0 saturated carbocycles. The minimum atomic E-state index is 0.870. The molecule has 1 aromatic carbocycles. The Morgan fingerprint density at radius 2 is 1.90 bits per heavy atom. The van der Waals surface area contributed by atoms with Crippen molar-refractivity contribution < 1.29 is 3.07 Å². The monoisotopic (exact) mass is 395 g/mol. The minimum absolute atomic E-state index is 0.870. The molecule has 0 atom stereocenters. The van der Waals surface area contributed by atoms with Gasteiger partial charge in [0.1, 0.15) is 17.9 Å². The first kappa shape index (κ1) is 14.6. The first-order valence-corrected chi connectivity index (χ1v) is 8.05. The van der Waals surface area contributed by atoms with E-state index in [1.807, 2.05) is 29.1 Å². The lowest BCUT2D eigenvalue weighted by molar-refractivity contribution is 0.716. The summed E-state index contributed by atoms with van der Waals surface area (Å²) in [5.74, 6) is 1.93. The molecule has 1 saturated heterocycles. The summed E-state index contributed by atoms with van der Waals surface area (Å²) in [6, 6.07) is 6.16. The molecule has 1 aromatic heterocycles. The number of rotatable bonds is 3. The molecule has 0 amide bonds. The van der Waals surface area contributed by atoms with Crippen molar-refractivity contribution in [2.75, 3.05) is 18.0 Å². The number of nitrogens with zero attached hydrogens (tertiary/aromatic N) is 3. The molecule has 0 spiro atoms. The Kier molecular flexibility index (Phi) is 4.28. The van der Waals surface area contributed by atoms with Crippen molar-refractivity contribution >= 4 is 28.8 Å². The van der Waals surface area contributed by atoms with E-state index < -0.39 is 0 Å². The number of aromatic nitrogens is 2. The highest BCUT2D eigenvalue weighted by Crippen LogP contribution is 2.36. The van der Waals surface area contributed by atoms with Gasteiger partial charge in [-0.2, -0.15) is 0 Å². The first-order valence-electron chi connectivity index (χ1n) is 7.17.